The molecule has 1 aromatic carbocycles. The normalized spacial score (nSPS) is 22.8. The fourth-order valence-corrected chi connectivity index (χ4v) is 4.76. The van der Waals surface area contributed by atoms with Gasteiger partial charge < -0.3 is 20.1 Å². The van der Waals surface area contributed by atoms with Crippen LogP contribution in [0.3, 0.4) is 0 Å². The molecule has 164 valence electrons. The summed E-state index contributed by atoms with van der Waals surface area (Å²) in [4.78, 5) is 6.74. The molecule has 2 aliphatic rings. The van der Waals surface area contributed by atoms with Gasteiger partial charge in [0.15, 0.2) is 5.96 Å². The van der Waals surface area contributed by atoms with E-state index < -0.39 is 0 Å². The molecule has 1 unspecified atom stereocenters. The number of thioether (sulfide) groups is 1. The van der Waals surface area contributed by atoms with Crippen molar-refractivity contribution in [2.24, 2.45) is 4.99 Å². The molecule has 0 spiro atoms. The number of hydrogen-bond acceptors (Lipinski definition) is 5. The summed E-state index contributed by atoms with van der Waals surface area (Å²) in [6.07, 6.45) is 2.58. The fraction of sp³-hybridized carbons (Fsp3) is 0.667. The van der Waals surface area contributed by atoms with Gasteiger partial charge in [-0.05, 0) is 43.2 Å². The van der Waals surface area contributed by atoms with E-state index in [2.05, 4.69) is 51.3 Å². The zero-order chi connectivity index (χ0) is 19.7. The van der Waals surface area contributed by atoms with Crippen LogP contribution < -0.4 is 15.4 Å². The highest BCUT2D eigenvalue weighted by molar-refractivity contribution is 14.0. The number of rotatable bonds is 8. The highest BCUT2D eigenvalue weighted by Gasteiger charge is 2.29. The molecule has 2 heterocycles. The molecular weight excluding hydrogens is 499 g/mol. The number of halogens is 1. The van der Waals surface area contributed by atoms with Gasteiger partial charge in [0.25, 0.3) is 0 Å². The van der Waals surface area contributed by atoms with Gasteiger partial charge in [0.05, 0.1) is 13.2 Å². The van der Waals surface area contributed by atoms with Crippen molar-refractivity contribution in [2.45, 2.75) is 31.1 Å². The van der Waals surface area contributed by atoms with Crippen molar-refractivity contribution in [1.82, 2.24) is 15.5 Å². The van der Waals surface area contributed by atoms with E-state index in [1.807, 2.05) is 19.2 Å². The van der Waals surface area contributed by atoms with E-state index in [1.165, 1.54) is 24.2 Å². The second-order valence-electron chi connectivity index (χ2n) is 7.63. The minimum absolute atomic E-state index is 0. The smallest absolute Gasteiger partial charge is 0.191 e. The Kier molecular flexibility index (Phi) is 10.9. The van der Waals surface area contributed by atoms with E-state index in [9.17, 15) is 0 Å². The molecule has 6 nitrogen and oxygen atoms in total. The molecule has 2 fully saturated rings. The quantitative estimate of drug-likeness (QED) is 0.304. The second-order valence-corrected chi connectivity index (χ2v) is 9.31. The van der Waals surface area contributed by atoms with Gasteiger partial charge in [0, 0.05) is 44.5 Å². The van der Waals surface area contributed by atoms with Gasteiger partial charge in [-0.3, -0.25) is 9.89 Å². The van der Waals surface area contributed by atoms with Crippen molar-refractivity contribution >= 4 is 41.7 Å². The topological polar surface area (TPSA) is 58.1 Å². The van der Waals surface area contributed by atoms with Crippen molar-refractivity contribution in [3.63, 3.8) is 0 Å². The first-order chi connectivity index (χ1) is 13.7. The van der Waals surface area contributed by atoms with Crippen molar-refractivity contribution in [2.75, 3.05) is 58.8 Å². The summed E-state index contributed by atoms with van der Waals surface area (Å²) in [5.41, 5.74) is 1.19. The molecule has 0 bridgehead atoms. The lowest BCUT2D eigenvalue weighted by molar-refractivity contribution is 0.0322. The summed E-state index contributed by atoms with van der Waals surface area (Å²) in [7, 11) is 1.82. The van der Waals surface area contributed by atoms with Crippen molar-refractivity contribution in [3.05, 3.63) is 29.8 Å². The Bertz CT molecular complexity index is 635. The van der Waals surface area contributed by atoms with E-state index in [1.54, 1.807) is 0 Å². The average molecular weight is 535 g/mol. The van der Waals surface area contributed by atoms with Crippen LogP contribution in [0, 0.1) is 0 Å². The molecule has 2 N–H and O–H groups in total. The standard InChI is InChI=1S/C21H34N4O2S.HI/c1-21(7-4-14-28-21)17-24-20(22-2)23-16-18-5-3-6-19(15-18)27-13-10-25-8-11-26-12-9-25;/h3,5-6,15H,4,7-14,16-17H2,1-2H3,(H2,22,23,24);1H. The molecule has 8 heteroatoms. The number of benzene rings is 1. The molecule has 0 radical (unpaired) electrons. The monoisotopic (exact) mass is 534 g/mol. The molecule has 0 amide bonds. The number of nitrogens with zero attached hydrogens (tertiary/aromatic N) is 2. The lowest BCUT2D eigenvalue weighted by Crippen LogP contribution is -2.43. The predicted molar refractivity (Wildman–Crippen MR) is 133 cm³/mol. The molecule has 0 aromatic heterocycles. The summed E-state index contributed by atoms with van der Waals surface area (Å²) in [6.45, 7) is 9.31. The zero-order valence-electron chi connectivity index (χ0n) is 17.6. The molecule has 29 heavy (non-hydrogen) atoms. The highest BCUT2D eigenvalue weighted by atomic mass is 127. The number of ether oxygens (including phenoxy) is 2. The van der Waals surface area contributed by atoms with Crippen LogP contribution in [-0.4, -0.2) is 74.4 Å². The van der Waals surface area contributed by atoms with Crippen LogP contribution in [0.15, 0.2) is 29.3 Å². The van der Waals surface area contributed by atoms with E-state index in [0.29, 0.717) is 11.4 Å². The molecule has 0 saturated carbocycles. The Morgan fingerprint density at radius 3 is 2.86 bits per heavy atom. The van der Waals surface area contributed by atoms with Crippen LogP contribution in [0.25, 0.3) is 0 Å². The lowest BCUT2D eigenvalue weighted by atomic mass is 10.1. The number of nitrogens with one attached hydrogen (secondary N) is 2. The van der Waals surface area contributed by atoms with Gasteiger partial charge in [-0.15, -0.1) is 24.0 Å². The molecule has 1 aromatic rings. The lowest BCUT2D eigenvalue weighted by Gasteiger charge is -2.26. The van der Waals surface area contributed by atoms with Gasteiger partial charge in [-0.2, -0.15) is 11.8 Å². The molecule has 2 saturated heterocycles. The van der Waals surface area contributed by atoms with Crippen LogP contribution in [0.4, 0.5) is 0 Å². The van der Waals surface area contributed by atoms with E-state index >= 15 is 0 Å². The maximum atomic E-state index is 5.95. The molecular formula is C21H35IN4O2S. The Morgan fingerprint density at radius 1 is 1.31 bits per heavy atom. The van der Waals surface area contributed by atoms with Gasteiger partial charge in [0.1, 0.15) is 12.4 Å². The van der Waals surface area contributed by atoms with Gasteiger partial charge in [0.2, 0.25) is 0 Å². The first kappa shape index (κ1) is 24.6. The van der Waals surface area contributed by atoms with Crippen LogP contribution in [0.5, 0.6) is 5.75 Å². The molecule has 1 atom stereocenters. The van der Waals surface area contributed by atoms with E-state index in [-0.39, 0.29) is 24.0 Å². The third-order valence-corrected chi connectivity index (χ3v) is 6.83. The third-order valence-electron chi connectivity index (χ3n) is 5.29. The van der Waals surface area contributed by atoms with Crippen LogP contribution in [0.2, 0.25) is 0 Å². The van der Waals surface area contributed by atoms with E-state index in [4.69, 9.17) is 9.47 Å². The predicted octanol–water partition coefficient (Wildman–Crippen LogP) is 2.97. The molecule has 3 rings (SSSR count). The minimum Gasteiger partial charge on any atom is -0.492 e. The first-order valence-electron chi connectivity index (χ1n) is 10.3. The Morgan fingerprint density at radius 2 is 2.14 bits per heavy atom. The van der Waals surface area contributed by atoms with Crippen molar-refractivity contribution in [3.8, 4) is 5.75 Å². The molecule has 2 aliphatic heterocycles. The summed E-state index contributed by atoms with van der Waals surface area (Å²) in [6, 6.07) is 8.29. The summed E-state index contributed by atoms with van der Waals surface area (Å²) < 4.78 is 11.7. The van der Waals surface area contributed by atoms with Crippen molar-refractivity contribution in [1.29, 1.82) is 0 Å². The van der Waals surface area contributed by atoms with Crippen LogP contribution in [0.1, 0.15) is 25.3 Å². The Labute approximate surface area is 196 Å². The minimum atomic E-state index is 0. The van der Waals surface area contributed by atoms with E-state index in [0.717, 1.165) is 57.6 Å². The number of aliphatic imine (C=N–C) groups is 1. The van der Waals surface area contributed by atoms with Crippen LogP contribution >= 0.6 is 35.7 Å². The highest BCUT2D eigenvalue weighted by Crippen LogP contribution is 2.36. The maximum absolute atomic E-state index is 5.95. The average Bonchev–Trinajstić information content (AvgIpc) is 3.16. The SMILES string of the molecule is CN=C(NCc1cccc(OCCN2CCOCC2)c1)NCC1(C)CCCS1.I. The number of hydrogen-bond donors (Lipinski definition) is 2. The summed E-state index contributed by atoms with van der Waals surface area (Å²) in [5, 5.41) is 6.89. The Hall–Kier alpha value is -0.710. The zero-order valence-corrected chi connectivity index (χ0v) is 20.8. The fourth-order valence-electron chi connectivity index (χ4n) is 3.52. The van der Waals surface area contributed by atoms with Gasteiger partial charge in [-0.25, -0.2) is 0 Å². The van der Waals surface area contributed by atoms with Gasteiger partial charge >= 0.3 is 0 Å². The molecule has 0 aliphatic carbocycles. The largest absolute Gasteiger partial charge is 0.492 e. The summed E-state index contributed by atoms with van der Waals surface area (Å²) in [5.74, 6) is 3.04. The van der Waals surface area contributed by atoms with Gasteiger partial charge in [-0.1, -0.05) is 12.1 Å². The number of morpholine rings is 1. The third kappa shape index (κ3) is 8.51. The van der Waals surface area contributed by atoms with Crippen LogP contribution in [-0.2, 0) is 11.3 Å². The summed E-state index contributed by atoms with van der Waals surface area (Å²) >= 11 is 2.06. The van der Waals surface area contributed by atoms with Crippen molar-refractivity contribution < 1.29 is 9.47 Å². The maximum Gasteiger partial charge on any atom is 0.191 e. The number of guanidine groups is 1. The first-order valence-corrected chi connectivity index (χ1v) is 11.3. The second kappa shape index (κ2) is 12.9. The Balaban J connectivity index is 0.00000300.